The number of aromatic nitrogens is 2. The topological polar surface area (TPSA) is 78.3 Å². The number of aryl methyl sites for hydroxylation is 2. The predicted molar refractivity (Wildman–Crippen MR) is 97.5 cm³/mol. The second-order valence-corrected chi connectivity index (χ2v) is 7.13. The second-order valence-electron chi connectivity index (χ2n) is 7.13. The number of halogens is 4. The molecule has 152 valence electrons. The van der Waals surface area contributed by atoms with Crippen molar-refractivity contribution >= 4 is 16.6 Å². The molecular weight excluding hydrogens is 390 g/mol. The van der Waals surface area contributed by atoms with E-state index in [0.717, 1.165) is 6.07 Å². The van der Waals surface area contributed by atoms with E-state index in [1.165, 1.54) is 24.4 Å². The number of alkyl halides is 3. The van der Waals surface area contributed by atoms with Crippen LogP contribution in [0, 0.1) is 12.7 Å². The van der Waals surface area contributed by atoms with Crippen molar-refractivity contribution < 1.29 is 27.8 Å². The highest BCUT2D eigenvalue weighted by Crippen LogP contribution is 2.51. The molecule has 1 heterocycles. The number of hydrogen-bond donors (Lipinski definition) is 3. The number of hydrogen-bond acceptors (Lipinski definition) is 5. The molecule has 1 aromatic heterocycles. The molecule has 5 nitrogen and oxygen atoms in total. The summed E-state index contributed by atoms with van der Waals surface area (Å²) in [7, 11) is 0. The Morgan fingerprint density at radius 3 is 2.55 bits per heavy atom. The molecule has 0 amide bonds. The number of rotatable bonds is 2. The summed E-state index contributed by atoms with van der Waals surface area (Å²) < 4.78 is 55.9. The van der Waals surface area contributed by atoms with Gasteiger partial charge in [-0.3, -0.25) is 0 Å². The van der Waals surface area contributed by atoms with Gasteiger partial charge in [0.05, 0.1) is 0 Å². The largest absolute Gasteiger partial charge is 0.422 e. The van der Waals surface area contributed by atoms with Crippen molar-refractivity contribution in [3.05, 3.63) is 65.4 Å². The first-order valence-electron chi connectivity index (χ1n) is 8.87. The van der Waals surface area contributed by atoms with Gasteiger partial charge in [0.25, 0.3) is 0 Å². The van der Waals surface area contributed by atoms with Gasteiger partial charge in [0.1, 0.15) is 17.2 Å². The van der Waals surface area contributed by atoms with Crippen LogP contribution in [0.4, 0.5) is 23.2 Å². The Hall–Kier alpha value is -2.78. The lowest BCUT2D eigenvalue weighted by Gasteiger charge is -2.48. The highest BCUT2D eigenvalue weighted by Gasteiger charge is 2.68. The third kappa shape index (κ3) is 2.84. The van der Waals surface area contributed by atoms with Crippen molar-refractivity contribution in [2.45, 2.75) is 37.3 Å². The Kier molecular flexibility index (Phi) is 4.29. The van der Waals surface area contributed by atoms with Crippen LogP contribution in [-0.2, 0) is 12.1 Å². The smallest absolute Gasteiger partial charge is 0.376 e. The van der Waals surface area contributed by atoms with Crippen molar-refractivity contribution in [3.8, 4) is 0 Å². The lowest BCUT2D eigenvalue weighted by atomic mass is 9.72. The van der Waals surface area contributed by atoms with E-state index >= 15 is 0 Å². The van der Waals surface area contributed by atoms with E-state index < -0.39 is 29.7 Å². The SMILES string of the molecule is Cc1ncc2c(NC3(O)c4ccccc4CCC3(O)C(F)(F)F)ccc(F)c2n1. The highest BCUT2D eigenvalue weighted by atomic mass is 19.4. The van der Waals surface area contributed by atoms with Crippen molar-refractivity contribution in [3.63, 3.8) is 0 Å². The summed E-state index contributed by atoms with van der Waals surface area (Å²) in [4.78, 5) is 7.96. The Balaban J connectivity index is 1.94. The van der Waals surface area contributed by atoms with Crippen LogP contribution in [0.3, 0.4) is 0 Å². The van der Waals surface area contributed by atoms with Crippen LogP contribution in [0.1, 0.15) is 23.4 Å². The van der Waals surface area contributed by atoms with Gasteiger partial charge >= 0.3 is 6.18 Å². The van der Waals surface area contributed by atoms with Gasteiger partial charge < -0.3 is 15.5 Å². The quantitative estimate of drug-likeness (QED) is 0.447. The lowest BCUT2D eigenvalue weighted by Crippen LogP contribution is -2.66. The van der Waals surface area contributed by atoms with E-state index in [9.17, 15) is 27.8 Å². The minimum absolute atomic E-state index is 0.0386. The van der Waals surface area contributed by atoms with Gasteiger partial charge in [-0.2, -0.15) is 13.2 Å². The summed E-state index contributed by atoms with van der Waals surface area (Å²) in [5, 5.41) is 24.5. The summed E-state index contributed by atoms with van der Waals surface area (Å²) in [6.45, 7) is 1.55. The summed E-state index contributed by atoms with van der Waals surface area (Å²) >= 11 is 0. The van der Waals surface area contributed by atoms with E-state index in [2.05, 4.69) is 15.3 Å². The molecule has 0 aliphatic heterocycles. The van der Waals surface area contributed by atoms with Gasteiger partial charge in [0, 0.05) is 22.8 Å². The summed E-state index contributed by atoms with van der Waals surface area (Å²) in [5.41, 5.74) is -6.16. The average molecular weight is 407 g/mol. The third-order valence-electron chi connectivity index (χ3n) is 5.37. The molecule has 3 aromatic rings. The van der Waals surface area contributed by atoms with Crippen LogP contribution in [0.25, 0.3) is 10.9 Å². The van der Waals surface area contributed by atoms with Crippen LogP contribution in [-0.4, -0.2) is 32.0 Å². The zero-order valence-corrected chi connectivity index (χ0v) is 15.3. The van der Waals surface area contributed by atoms with Crippen LogP contribution in [0.2, 0.25) is 0 Å². The molecule has 29 heavy (non-hydrogen) atoms. The van der Waals surface area contributed by atoms with Crippen LogP contribution >= 0.6 is 0 Å². The first-order valence-corrected chi connectivity index (χ1v) is 8.87. The highest BCUT2D eigenvalue weighted by molar-refractivity contribution is 5.91. The fraction of sp³-hybridized carbons (Fsp3) is 0.300. The number of fused-ring (bicyclic) bond motifs is 2. The standard InChI is InChI=1S/C20H17F4N3O2/c1-11-25-10-13-16(7-6-15(21)17(13)26-11)27-19(29)14-5-3-2-4-12(14)8-9-18(19,28)20(22,23)24/h2-7,10,27-29H,8-9H2,1H3. The summed E-state index contributed by atoms with van der Waals surface area (Å²) in [5.74, 6) is -0.403. The van der Waals surface area contributed by atoms with E-state index in [1.54, 1.807) is 19.1 Å². The van der Waals surface area contributed by atoms with Crippen molar-refractivity contribution in [2.24, 2.45) is 0 Å². The molecule has 0 spiro atoms. The number of aliphatic hydroxyl groups is 2. The lowest BCUT2D eigenvalue weighted by molar-refractivity contribution is -0.321. The first kappa shape index (κ1) is 19.5. The molecule has 0 saturated carbocycles. The van der Waals surface area contributed by atoms with E-state index in [-0.39, 0.29) is 34.4 Å². The third-order valence-corrected chi connectivity index (χ3v) is 5.37. The van der Waals surface area contributed by atoms with E-state index in [0.29, 0.717) is 5.56 Å². The van der Waals surface area contributed by atoms with Crippen molar-refractivity contribution in [2.75, 3.05) is 5.32 Å². The number of anilines is 1. The maximum Gasteiger partial charge on any atom is 0.422 e. The van der Waals surface area contributed by atoms with Gasteiger partial charge in [-0.1, -0.05) is 24.3 Å². The minimum Gasteiger partial charge on any atom is -0.376 e. The molecule has 2 atom stereocenters. The molecule has 4 rings (SSSR count). The zero-order chi connectivity index (χ0) is 21.0. The fourth-order valence-electron chi connectivity index (χ4n) is 3.81. The molecule has 0 saturated heterocycles. The molecule has 0 bridgehead atoms. The average Bonchev–Trinajstić information content (AvgIpc) is 2.67. The Morgan fingerprint density at radius 2 is 1.83 bits per heavy atom. The van der Waals surface area contributed by atoms with Crippen molar-refractivity contribution in [1.82, 2.24) is 9.97 Å². The first-order chi connectivity index (χ1) is 13.6. The zero-order valence-electron chi connectivity index (χ0n) is 15.3. The molecule has 3 N–H and O–H groups in total. The molecular formula is C20H17F4N3O2. The normalized spacial score (nSPS) is 24.4. The molecule has 1 aliphatic carbocycles. The van der Waals surface area contributed by atoms with Crippen LogP contribution in [0.5, 0.6) is 0 Å². The van der Waals surface area contributed by atoms with Crippen molar-refractivity contribution in [1.29, 1.82) is 0 Å². The molecule has 2 unspecified atom stereocenters. The van der Waals surface area contributed by atoms with E-state index in [1.807, 2.05) is 0 Å². The number of nitrogens with one attached hydrogen (secondary N) is 1. The molecule has 1 aliphatic rings. The van der Waals surface area contributed by atoms with E-state index in [4.69, 9.17) is 0 Å². The fourth-order valence-corrected chi connectivity index (χ4v) is 3.81. The van der Waals surface area contributed by atoms with Gasteiger partial charge in [-0.05, 0) is 37.5 Å². The number of nitrogens with zero attached hydrogens (tertiary/aromatic N) is 2. The van der Waals surface area contributed by atoms with Crippen LogP contribution < -0.4 is 5.32 Å². The summed E-state index contributed by atoms with van der Waals surface area (Å²) in [6.07, 6.45) is -4.69. The molecule has 9 heteroatoms. The second kappa shape index (κ2) is 6.36. The van der Waals surface area contributed by atoms with Gasteiger partial charge in [-0.15, -0.1) is 0 Å². The maximum absolute atomic E-state index is 14.2. The van der Waals surface area contributed by atoms with Gasteiger partial charge in [0.15, 0.2) is 0 Å². The van der Waals surface area contributed by atoms with Crippen LogP contribution in [0.15, 0.2) is 42.6 Å². The number of benzene rings is 2. The molecule has 0 fully saturated rings. The minimum atomic E-state index is -5.13. The predicted octanol–water partition coefficient (Wildman–Crippen LogP) is 3.57. The summed E-state index contributed by atoms with van der Waals surface area (Å²) in [6, 6.07) is 8.24. The Morgan fingerprint density at radius 1 is 1.10 bits per heavy atom. The molecule has 0 radical (unpaired) electrons. The monoisotopic (exact) mass is 407 g/mol. The van der Waals surface area contributed by atoms with Gasteiger partial charge in [0.2, 0.25) is 11.3 Å². The van der Waals surface area contributed by atoms with Gasteiger partial charge in [-0.25, -0.2) is 14.4 Å². The molecule has 2 aromatic carbocycles. The maximum atomic E-state index is 14.2. The Bertz CT molecular complexity index is 1100. The Labute approximate surface area is 163 Å².